The molecule has 0 aliphatic rings. The third-order valence-corrected chi connectivity index (χ3v) is 3.11. The first-order valence-corrected chi connectivity index (χ1v) is 5.94. The molecule has 0 aliphatic carbocycles. The molecule has 18 heavy (non-hydrogen) atoms. The summed E-state index contributed by atoms with van der Waals surface area (Å²) in [4.78, 5) is 2.07. The van der Waals surface area contributed by atoms with E-state index in [4.69, 9.17) is 12.2 Å². The summed E-state index contributed by atoms with van der Waals surface area (Å²) >= 11 is 4.83. The molecule has 1 unspecified atom stereocenters. The highest BCUT2D eigenvalue weighted by Gasteiger charge is 2.11. The summed E-state index contributed by atoms with van der Waals surface area (Å²) in [6.07, 6.45) is 1.70. The molecule has 0 bridgehead atoms. The van der Waals surface area contributed by atoms with Gasteiger partial charge in [-0.1, -0.05) is 19.1 Å². The number of rotatable bonds is 5. The minimum absolute atomic E-state index is 0. The normalized spacial score (nSPS) is 10.8. The van der Waals surface area contributed by atoms with E-state index in [-0.39, 0.29) is 35.8 Å². The molecule has 0 fully saturated rings. The molecule has 1 aromatic carbocycles. The van der Waals surface area contributed by atoms with E-state index < -0.39 is 0 Å². The van der Waals surface area contributed by atoms with Gasteiger partial charge in [0.25, 0.3) is 0 Å². The molecule has 1 rings (SSSR count). The van der Waals surface area contributed by atoms with Crippen molar-refractivity contribution in [3.05, 3.63) is 29.8 Å². The topological polar surface area (TPSA) is 23.5 Å². The summed E-state index contributed by atoms with van der Waals surface area (Å²) in [5, 5.41) is 9.46. The fourth-order valence-electron chi connectivity index (χ4n) is 1.62. The van der Waals surface area contributed by atoms with E-state index in [2.05, 4.69) is 29.2 Å². The number of anilines is 1. The maximum Gasteiger partial charge on any atom is 0.159 e. The minimum atomic E-state index is 0. The maximum absolute atomic E-state index is 9.34. The fourth-order valence-corrected chi connectivity index (χ4v) is 1.87. The summed E-state index contributed by atoms with van der Waals surface area (Å²) in [5.74, 6) is 0.0974. The van der Waals surface area contributed by atoms with Gasteiger partial charge < -0.3 is 10.0 Å². The molecule has 0 aliphatic heterocycles. The predicted octanol–water partition coefficient (Wildman–Crippen LogP) is 4.05. The van der Waals surface area contributed by atoms with E-state index in [1.165, 1.54) is 11.3 Å². The van der Waals surface area contributed by atoms with E-state index in [1.54, 1.807) is 0 Å². The van der Waals surface area contributed by atoms with Crippen LogP contribution in [0.15, 0.2) is 24.3 Å². The monoisotopic (exact) mass is 309 g/mol. The van der Waals surface area contributed by atoms with Crippen LogP contribution in [0.1, 0.15) is 18.9 Å². The zero-order valence-electron chi connectivity index (χ0n) is 10.9. The van der Waals surface area contributed by atoms with Crippen LogP contribution in [-0.2, 0) is 6.42 Å². The van der Waals surface area contributed by atoms with Crippen LogP contribution in [0, 0.1) is 5.92 Å². The van der Waals surface area contributed by atoms with E-state index in [9.17, 15) is 5.11 Å². The Balaban J connectivity index is 0. The molecular formula is C13H21Cl2NOS. The van der Waals surface area contributed by atoms with Gasteiger partial charge in [-0.3, -0.25) is 0 Å². The molecule has 0 amide bonds. The van der Waals surface area contributed by atoms with Crippen LogP contribution >= 0.6 is 37.0 Å². The van der Waals surface area contributed by atoms with Crippen LogP contribution < -0.4 is 4.90 Å². The lowest BCUT2D eigenvalue weighted by Gasteiger charge is -2.15. The van der Waals surface area contributed by atoms with Crippen molar-refractivity contribution >= 4 is 47.8 Å². The van der Waals surface area contributed by atoms with Crippen LogP contribution in [-0.4, -0.2) is 24.3 Å². The lowest BCUT2D eigenvalue weighted by Crippen LogP contribution is -2.13. The Bertz CT molecular complexity index is 355. The van der Waals surface area contributed by atoms with Crippen molar-refractivity contribution in [2.45, 2.75) is 19.8 Å². The molecule has 0 aromatic heterocycles. The number of hydrogen-bond donors (Lipinski definition) is 1. The Morgan fingerprint density at radius 3 is 2.06 bits per heavy atom. The van der Waals surface area contributed by atoms with Crippen LogP contribution in [0.3, 0.4) is 0 Å². The van der Waals surface area contributed by atoms with Crippen LogP contribution in [0.5, 0.6) is 0 Å². The fraction of sp³-hybridized carbons (Fsp3) is 0.462. The molecule has 1 N–H and O–H groups in total. The third kappa shape index (κ3) is 5.89. The molecule has 1 atom stereocenters. The predicted molar refractivity (Wildman–Crippen MR) is 88.0 cm³/mol. The highest BCUT2D eigenvalue weighted by molar-refractivity contribution is 7.80. The molecule has 0 saturated carbocycles. The largest absolute Gasteiger partial charge is 0.502 e. The smallest absolute Gasteiger partial charge is 0.159 e. The first kappa shape index (κ1) is 19.8. The number of aliphatic hydroxyl groups excluding tert-OH is 1. The first-order valence-electron chi connectivity index (χ1n) is 5.53. The summed E-state index contributed by atoms with van der Waals surface area (Å²) < 4.78 is 0. The standard InChI is InChI=1S/C13H19NOS.2ClH/c1-4-11(13(15)16)9-10-5-7-12(8-6-10)14(2)3;;/h5-8,11H,4,9H2,1-3H3,(H,15,16);2*1H. The number of nitrogens with zero attached hydrogens (tertiary/aromatic N) is 1. The number of benzene rings is 1. The molecule has 0 saturated heterocycles. The average Bonchev–Trinajstić information content (AvgIpc) is 2.26. The van der Waals surface area contributed by atoms with E-state index >= 15 is 0 Å². The highest BCUT2D eigenvalue weighted by atomic mass is 35.5. The molecule has 0 heterocycles. The van der Waals surface area contributed by atoms with Crippen molar-refractivity contribution < 1.29 is 5.11 Å². The quantitative estimate of drug-likeness (QED) is 0.830. The van der Waals surface area contributed by atoms with Gasteiger partial charge in [-0.15, -0.1) is 24.8 Å². The van der Waals surface area contributed by atoms with E-state index in [0.717, 1.165) is 12.8 Å². The third-order valence-electron chi connectivity index (χ3n) is 2.78. The molecular weight excluding hydrogens is 289 g/mol. The first-order chi connectivity index (χ1) is 7.54. The zero-order valence-corrected chi connectivity index (χ0v) is 13.4. The van der Waals surface area contributed by atoms with Crippen molar-refractivity contribution in [3.8, 4) is 0 Å². The minimum Gasteiger partial charge on any atom is -0.502 e. The number of halogens is 2. The van der Waals surface area contributed by atoms with E-state index in [0.29, 0.717) is 0 Å². The van der Waals surface area contributed by atoms with Gasteiger partial charge in [0.15, 0.2) is 5.05 Å². The second-order valence-electron chi connectivity index (χ2n) is 4.21. The number of hydrogen-bond acceptors (Lipinski definition) is 2. The SMILES string of the molecule is CCC(Cc1ccc(N(C)C)cc1)C(O)=S.Cl.Cl. The molecule has 0 radical (unpaired) electrons. The van der Waals surface area contributed by atoms with Gasteiger partial charge in [0.05, 0.1) is 0 Å². The van der Waals surface area contributed by atoms with Gasteiger partial charge in [0.1, 0.15) is 0 Å². The lowest BCUT2D eigenvalue weighted by atomic mass is 9.97. The molecule has 104 valence electrons. The summed E-state index contributed by atoms with van der Waals surface area (Å²) in [5.41, 5.74) is 2.40. The van der Waals surface area contributed by atoms with Crippen molar-refractivity contribution in [2.24, 2.45) is 5.92 Å². The van der Waals surface area contributed by atoms with Crippen molar-refractivity contribution in [2.75, 3.05) is 19.0 Å². The van der Waals surface area contributed by atoms with Crippen molar-refractivity contribution in [3.63, 3.8) is 0 Å². The van der Waals surface area contributed by atoms with Gasteiger partial charge in [-0.05, 0) is 42.8 Å². The Labute approximate surface area is 127 Å². The van der Waals surface area contributed by atoms with Crippen molar-refractivity contribution in [1.82, 2.24) is 0 Å². The lowest BCUT2D eigenvalue weighted by molar-refractivity contribution is 0.486. The van der Waals surface area contributed by atoms with Crippen LogP contribution in [0.2, 0.25) is 0 Å². The Morgan fingerprint density at radius 1 is 1.22 bits per heavy atom. The Morgan fingerprint density at radius 2 is 1.72 bits per heavy atom. The summed E-state index contributed by atoms with van der Waals surface area (Å²) in [6, 6.07) is 8.36. The Kier molecular flexibility index (Phi) is 10.4. The maximum atomic E-state index is 9.34. The van der Waals surface area contributed by atoms with Gasteiger partial charge in [0.2, 0.25) is 0 Å². The van der Waals surface area contributed by atoms with Crippen molar-refractivity contribution in [1.29, 1.82) is 0 Å². The van der Waals surface area contributed by atoms with Gasteiger partial charge in [-0.2, -0.15) is 0 Å². The average molecular weight is 310 g/mol. The van der Waals surface area contributed by atoms with Gasteiger partial charge in [-0.25, -0.2) is 0 Å². The molecule has 0 spiro atoms. The van der Waals surface area contributed by atoms with Crippen LogP contribution in [0.25, 0.3) is 0 Å². The molecule has 5 heteroatoms. The second kappa shape index (κ2) is 9.42. The number of aliphatic hydroxyl groups is 1. The van der Waals surface area contributed by atoms with Crippen LogP contribution in [0.4, 0.5) is 5.69 Å². The highest BCUT2D eigenvalue weighted by Crippen LogP contribution is 2.17. The Hall–Kier alpha value is -0.510. The summed E-state index contributed by atoms with van der Waals surface area (Å²) in [7, 11) is 4.04. The second-order valence-corrected chi connectivity index (χ2v) is 4.63. The summed E-state index contributed by atoms with van der Waals surface area (Å²) in [6.45, 7) is 2.04. The zero-order chi connectivity index (χ0) is 12.1. The molecule has 2 nitrogen and oxygen atoms in total. The number of thiocarbonyl (C=S) groups is 1. The molecule has 1 aromatic rings. The van der Waals surface area contributed by atoms with Gasteiger partial charge in [0, 0.05) is 25.7 Å². The van der Waals surface area contributed by atoms with E-state index in [1.807, 2.05) is 21.0 Å². The van der Waals surface area contributed by atoms with Gasteiger partial charge >= 0.3 is 0 Å².